The summed E-state index contributed by atoms with van der Waals surface area (Å²) in [6.45, 7) is 3.72. The quantitative estimate of drug-likeness (QED) is 0.757. The second kappa shape index (κ2) is 4.34. The molecular formula is C12H21NO3. The fraction of sp³-hybridized carbons (Fsp3) is 0.917. The molecule has 2 rings (SSSR count). The summed E-state index contributed by atoms with van der Waals surface area (Å²) >= 11 is 0. The Labute approximate surface area is 96.3 Å². The molecule has 2 heterocycles. The van der Waals surface area contributed by atoms with Crippen molar-refractivity contribution in [3.05, 3.63) is 0 Å². The normalized spacial score (nSPS) is 37.0. The highest BCUT2D eigenvalue weighted by Gasteiger charge is 2.53. The van der Waals surface area contributed by atoms with Crippen LogP contribution in [0.3, 0.4) is 0 Å². The molecule has 0 aromatic heterocycles. The molecule has 4 nitrogen and oxygen atoms in total. The maximum Gasteiger partial charge on any atom is 0.309 e. The van der Waals surface area contributed by atoms with E-state index < -0.39 is 17.5 Å². The van der Waals surface area contributed by atoms with Crippen molar-refractivity contribution in [1.29, 1.82) is 0 Å². The van der Waals surface area contributed by atoms with Gasteiger partial charge in [0.15, 0.2) is 0 Å². The summed E-state index contributed by atoms with van der Waals surface area (Å²) in [5.74, 6) is -1.46. The lowest BCUT2D eigenvalue weighted by Gasteiger charge is -2.40. The van der Waals surface area contributed by atoms with Gasteiger partial charge in [-0.1, -0.05) is 13.3 Å². The molecule has 4 heteroatoms. The van der Waals surface area contributed by atoms with Gasteiger partial charge in [-0.2, -0.15) is 0 Å². The number of hydrogen-bond donors (Lipinski definition) is 2. The zero-order chi connectivity index (χ0) is 11.8. The molecule has 2 saturated heterocycles. The second-order valence-electron chi connectivity index (χ2n) is 5.09. The Hall–Kier alpha value is -0.610. The van der Waals surface area contributed by atoms with Crippen molar-refractivity contribution in [3.63, 3.8) is 0 Å². The molecule has 3 unspecified atom stereocenters. The summed E-state index contributed by atoms with van der Waals surface area (Å²) in [6.07, 6.45) is 4.36. The summed E-state index contributed by atoms with van der Waals surface area (Å²) in [7, 11) is 0. The molecule has 0 aromatic rings. The predicted octanol–water partition coefficient (Wildman–Crippen LogP) is 1.09. The molecule has 0 saturated carbocycles. The number of aliphatic hydroxyl groups is 1. The van der Waals surface area contributed by atoms with Crippen molar-refractivity contribution < 1.29 is 15.0 Å². The molecular weight excluding hydrogens is 206 g/mol. The van der Waals surface area contributed by atoms with Crippen LogP contribution < -0.4 is 0 Å². The van der Waals surface area contributed by atoms with Gasteiger partial charge in [0.2, 0.25) is 0 Å². The van der Waals surface area contributed by atoms with Crippen LogP contribution in [0.25, 0.3) is 0 Å². The van der Waals surface area contributed by atoms with Gasteiger partial charge in [-0.3, -0.25) is 9.69 Å². The van der Waals surface area contributed by atoms with Gasteiger partial charge in [-0.15, -0.1) is 0 Å². The number of rotatable bonds is 3. The van der Waals surface area contributed by atoms with Crippen molar-refractivity contribution >= 4 is 5.97 Å². The molecule has 92 valence electrons. The number of carboxylic acid groups (broad SMARTS) is 1. The largest absolute Gasteiger partial charge is 0.481 e. The SMILES string of the molecule is CCC(C(=O)O)C1(O)CCN2CCCCC21. The number of piperidine rings is 1. The standard InChI is InChI=1S/C12H21NO3/c1-2-9(11(14)15)12(16)6-8-13-7-4-3-5-10(12)13/h9-10,16H,2-8H2,1H3,(H,14,15). The average Bonchev–Trinajstić information content (AvgIpc) is 2.59. The molecule has 2 aliphatic rings. The van der Waals surface area contributed by atoms with Gasteiger partial charge in [0.25, 0.3) is 0 Å². The third-order valence-electron chi connectivity index (χ3n) is 4.30. The fourth-order valence-corrected chi connectivity index (χ4v) is 3.46. The Morgan fingerprint density at radius 3 is 2.88 bits per heavy atom. The van der Waals surface area contributed by atoms with Crippen LogP contribution >= 0.6 is 0 Å². The Morgan fingerprint density at radius 2 is 2.25 bits per heavy atom. The summed E-state index contributed by atoms with van der Waals surface area (Å²) < 4.78 is 0. The first-order valence-electron chi connectivity index (χ1n) is 6.29. The third kappa shape index (κ3) is 1.74. The highest BCUT2D eigenvalue weighted by molar-refractivity contribution is 5.71. The molecule has 0 spiro atoms. The van der Waals surface area contributed by atoms with Gasteiger partial charge in [0.1, 0.15) is 0 Å². The van der Waals surface area contributed by atoms with E-state index in [0.717, 1.165) is 25.9 Å². The Bertz CT molecular complexity index is 281. The van der Waals surface area contributed by atoms with E-state index in [0.29, 0.717) is 12.8 Å². The molecule has 0 bridgehead atoms. The first kappa shape index (κ1) is 11.9. The van der Waals surface area contributed by atoms with Crippen molar-refractivity contribution in [1.82, 2.24) is 4.90 Å². The second-order valence-corrected chi connectivity index (χ2v) is 5.09. The molecule has 0 amide bonds. The van der Waals surface area contributed by atoms with Crippen LogP contribution in [0.1, 0.15) is 39.0 Å². The lowest BCUT2D eigenvalue weighted by molar-refractivity contribution is -0.155. The smallest absolute Gasteiger partial charge is 0.309 e. The highest BCUT2D eigenvalue weighted by atomic mass is 16.4. The van der Waals surface area contributed by atoms with Crippen LogP contribution in [0, 0.1) is 5.92 Å². The third-order valence-corrected chi connectivity index (χ3v) is 4.30. The monoisotopic (exact) mass is 227 g/mol. The molecule has 2 N–H and O–H groups in total. The zero-order valence-electron chi connectivity index (χ0n) is 9.85. The lowest BCUT2D eigenvalue weighted by Crippen LogP contribution is -2.53. The van der Waals surface area contributed by atoms with Crippen LogP contribution in [-0.2, 0) is 4.79 Å². The predicted molar refractivity (Wildman–Crippen MR) is 60.2 cm³/mol. The van der Waals surface area contributed by atoms with Gasteiger partial charge < -0.3 is 10.2 Å². The Morgan fingerprint density at radius 1 is 1.50 bits per heavy atom. The highest BCUT2D eigenvalue weighted by Crippen LogP contribution is 2.41. The Kier molecular flexibility index (Phi) is 3.22. The molecule has 2 aliphatic heterocycles. The van der Waals surface area contributed by atoms with Crippen molar-refractivity contribution in [2.24, 2.45) is 5.92 Å². The minimum absolute atomic E-state index is 0.0716. The van der Waals surface area contributed by atoms with E-state index >= 15 is 0 Å². The first-order chi connectivity index (χ1) is 7.59. The van der Waals surface area contributed by atoms with E-state index in [9.17, 15) is 15.0 Å². The molecule has 0 aliphatic carbocycles. The minimum atomic E-state index is -0.999. The summed E-state index contributed by atoms with van der Waals surface area (Å²) in [5, 5.41) is 19.9. The number of fused-ring (bicyclic) bond motifs is 1. The lowest BCUT2D eigenvalue weighted by atomic mass is 9.77. The molecule has 3 atom stereocenters. The molecule has 0 aromatic carbocycles. The van der Waals surface area contributed by atoms with Crippen molar-refractivity contribution in [3.8, 4) is 0 Å². The topological polar surface area (TPSA) is 60.8 Å². The number of hydrogen-bond acceptors (Lipinski definition) is 3. The fourth-order valence-electron chi connectivity index (χ4n) is 3.46. The van der Waals surface area contributed by atoms with E-state index in [4.69, 9.17) is 0 Å². The van der Waals surface area contributed by atoms with Gasteiger partial charge in [-0.25, -0.2) is 0 Å². The first-order valence-corrected chi connectivity index (χ1v) is 6.29. The van der Waals surface area contributed by atoms with Gasteiger partial charge in [0.05, 0.1) is 11.5 Å². The molecule has 0 radical (unpaired) electrons. The van der Waals surface area contributed by atoms with E-state index in [1.165, 1.54) is 6.42 Å². The van der Waals surface area contributed by atoms with Gasteiger partial charge >= 0.3 is 5.97 Å². The maximum atomic E-state index is 11.2. The van der Waals surface area contributed by atoms with Gasteiger partial charge in [-0.05, 0) is 32.2 Å². The van der Waals surface area contributed by atoms with Crippen LogP contribution in [0.4, 0.5) is 0 Å². The maximum absolute atomic E-state index is 11.2. The van der Waals surface area contributed by atoms with Crippen LogP contribution in [0.15, 0.2) is 0 Å². The number of nitrogens with zero attached hydrogens (tertiary/aromatic N) is 1. The minimum Gasteiger partial charge on any atom is -0.481 e. The number of aliphatic carboxylic acids is 1. The number of carboxylic acids is 1. The zero-order valence-corrected chi connectivity index (χ0v) is 9.85. The van der Waals surface area contributed by atoms with Crippen LogP contribution in [-0.4, -0.2) is 45.8 Å². The van der Waals surface area contributed by atoms with Gasteiger partial charge in [0, 0.05) is 12.6 Å². The van der Waals surface area contributed by atoms with Crippen molar-refractivity contribution in [2.75, 3.05) is 13.1 Å². The molecule has 16 heavy (non-hydrogen) atoms. The summed E-state index contributed by atoms with van der Waals surface area (Å²) in [6, 6.07) is 0.0716. The van der Waals surface area contributed by atoms with E-state index in [1.807, 2.05) is 6.92 Å². The summed E-state index contributed by atoms with van der Waals surface area (Å²) in [5.41, 5.74) is -0.999. The van der Waals surface area contributed by atoms with E-state index in [-0.39, 0.29) is 6.04 Å². The van der Waals surface area contributed by atoms with Crippen LogP contribution in [0.5, 0.6) is 0 Å². The van der Waals surface area contributed by atoms with E-state index in [2.05, 4.69) is 4.90 Å². The average molecular weight is 227 g/mol. The molecule has 2 fully saturated rings. The van der Waals surface area contributed by atoms with E-state index in [1.54, 1.807) is 0 Å². The summed E-state index contributed by atoms with van der Waals surface area (Å²) in [4.78, 5) is 13.5. The number of carbonyl (C=O) groups is 1. The Balaban J connectivity index is 2.20. The van der Waals surface area contributed by atoms with Crippen LogP contribution in [0.2, 0.25) is 0 Å². The van der Waals surface area contributed by atoms with Crippen molar-refractivity contribution in [2.45, 2.75) is 50.7 Å².